The van der Waals surface area contributed by atoms with Crippen molar-refractivity contribution >= 4 is 33.4 Å². The maximum absolute atomic E-state index is 12.7. The van der Waals surface area contributed by atoms with Gasteiger partial charge in [0.05, 0.1) is 5.02 Å². The van der Waals surface area contributed by atoms with Crippen LogP contribution < -0.4 is 5.32 Å². The molecule has 0 heterocycles. The second kappa shape index (κ2) is 4.42. The van der Waals surface area contributed by atoms with Gasteiger partial charge in [-0.1, -0.05) is 11.6 Å². The molecule has 0 aliphatic heterocycles. The molecular formula is C11H8BrClF3NO. The molecule has 1 aromatic rings. The molecule has 0 spiro atoms. The fraction of sp³-hybridized carbons (Fsp3) is 0.364. The molecule has 1 N–H and O–H groups in total. The van der Waals surface area contributed by atoms with Crippen molar-refractivity contribution in [1.29, 1.82) is 0 Å². The monoisotopic (exact) mass is 341 g/mol. The summed E-state index contributed by atoms with van der Waals surface area (Å²) in [5.74, 6) is -0.748. The van der Waals surface area contributed by atoms with Gasteiger partial charge in [0.25, 0.3) is 5.91 Å². The molecule has 2 nitrogen and oxygen atoms in total. The van der Waals surface area contributed by atoms with Crippen molar-refractivity contribution < 1.29 is 18.0 Å². The minimum absolute atomic E-state index is 0.0724. The number of carbonyl (C=O) groups is 1. The van der Waals surface area contributed by atoms with Crippen LogP contribution in [0.25, 0.3) is 0 Å². The average molecular weight is 343 g/mol. The van der Waals surface area contributed by atoms with Crippen LogP contribution >= 0.6 is 27.5 Å². The van der Waals surface area contributed by atoms with Gasteiger partial charge in [-0.25, -0.2) is 0 Å². The summed E-state index contributed by atoms with van der Waals surface area (Å²) in [7, 11) is 0. The first-order valence-electron chi connectivity index (χ1n) is 5.09. The Labute approximate surface area is 115 Å². The van der Waals surface area contributed by atoms with Gasteiger partial charge in [-0.15, -0.1) is 0 Å². The van der Waals surface area contributed by atoms with E-state index in [1.807, 2.05) is 5.32 Å². The van der Waals surface area contributed by atoms with Crippen molar-refractivity contribution in [2.75, 3.05) is 0 Å². The van der Waals surface area contributed by atoms with Crippen molar-refractivity contribution in [3.05, 3.63) is 33.3 Å². The largest absolute Gasteiger partial charge is 0.411 e. The highest BCUT2D eigenvalue weighted by Crippen LogP contribution is 2.49. The van der Waals surface area contributed by atoms with Gasteiger partial charge in [0.15, 0.2) is 0 Å². The van der Waals surface area contributed by atoms with E-state index in [-0.39, 0.29) is 18.4 Å². The zero-order chi connectivity index (χ0) is 13.6. The molecule has 1 aliphatic carbocycles. The third kappa shape index (κ3) is 2.49. The normalized spacial score (nSPS) is 17.4. The van der Waals surface area contributed by atoms with Crippen molar-refractivity contribution in [3.8, 4) is 0 Å². The molecule has 0 unspecified atom stereocenters. The molecular weight excluding hydrogens is 334 g/mol. The molecule has 1 saturated carbocycles. The van der Waals surface area contributed by atoms with E-state index >= 15 is 0 Å². The maximum Gasteiger partial charge on any atom is 0.411 e. The number of benzene rings is 1. The Morgan fingerprint density at radius 2 is 2.00 bits per heavy atom. The minimum Gasteiger partial charge on any atom is -0.338 e. The fourth-order valence-electron chi connectivity index (χ4n) is 1.53. The van der Waals surface area contributed by atoms with Gasteiger partial charge in [-0.05, 0) is 47.0 Å². The van der Waals surface area contributed by atoms with Crippen molar-refractivity contribution in [2.24, 2.45) is 0 Å². The quantitative estimate of drug-likeness (QED) is 0.867. The summed E-state index contributed by atoms with van der Waals surface area (Å²) in [5.41, 5.74) is -1.90. The summed E-state index contributed by atoms with van der Waals surface area (Å²) in [6, 6.07) is 4.23. The molecule has 1 aromatic carbocycles. The predicted octanol–water partition coefficient (Wildman–Crippen LogP) is 3.93. The molecule has 18 heavy (non-hydrogen) atoms. The minimum atomic E-state index is -4.41. The van der Waals surface area contributed by atoms with E-state index in [2.05, 4.69) is 15.9 Å². The SMILES string of the molecule is O=C(NC1(C(F)(F)F)CC1)c1ccc(Cl)c(Br)c1. The molecule has 7 heteroatoms. The van der Waals surface area contributed by atoms with Crippen LogP contribution in [0.2, 0.25) is 5.02 Å². The number of amides is 1. The van der Waals surface area contributed by atoms with Crippen LogP contribution in [0.1, 0.15) is 23.2 Å². The molecule has 1 fully saturated rings. The van der Waals surface area contributed by atoms with E-state index in [1.165, 1.54) is 18.2 Å². The van der Waals surface area contributed by atoms with Crippen molar-refractivity contribution in [3.63, 3.8) is 0 Å². The molecule has 2 rings (SSSR count). The van der Waals surface area contributed by atoms with Crippen LogP contribution in [0.3, 0.4) is 0 Å². The highest BCUT2D eigenvalue weighted by Gasteiger charge is 2.64. The lowest BCUT2D eigenvalue weighted by Gasteiger charge is -2.20. The van der Waals surface area contributed by atoms with Crippen molar-refractivity contribution in [1.82, 2.24) is 5.32 Å². The van der Waals surface area contributed by atoms with Gasteiger partial charge in [0.2, 0.25) is 0 Å². The third-order valence-corrected chi connectivity index (χ3v) is 4.04. The Morgan fingerprint density at radius 1 is 1.39 bits per heavy atom. The molecule has 0 saturated heterocycles. The molecule has 98 valence electrons. The van der Waals surface area contributed by atoms with Crippen LogP contribution in [0.5, 0.6) is 0 Å². The number of halogens is 5. The topological polar surface area (TPSA) is 29.1 Å². The van der Waals surface area contributed by atoms with Gasteiger partial charge in [0.1, 0.15) is 5.54 Å². The van der Waals surface area contributed by atoms with Gasteiger partial charge >= 0.3 is 6.18 Å². The predicted molar refractivity (Wildman–Crippen MR) is 64.6 cm³/mol. The summed E-state index contributed by atoms with van der Waals surface area (Å²) in [6.45, 7) is 0. The lowest BCUT2D eigenvalue weighted by atomic mass is 10.2. The van der Waals surface area contributed by atoms with Gasteiger partial charge in [-0.2, -0.15) is 13.2 Å². The molecule has 1 aliphatic rings. The highest BCUT2D eigenvalue weighted by atomic mass is 79.9. The van der Waals surface area contributed by atoms with E-state index < -0.39 is 17.6 Å². The number of hydrogen-bond acceptors (Lipinski definition) is 1. The van der Waals surface area contributed by atoms with E-state index in [4.69, 9.17) is 11.6 Å². The zero-order valence-corrected chi connectivity index (χ0v) is 11.3. The van der Waals surface area contributed by atoms with E-state index in [9.17, 15) is 18.0 Å². The molecule has 0 bridgehead atoms. The lowest BCUT2D eigenvalue weighted by molar-refractivity contribution is -0.163. The Kier molecular flexibility index (Phi) is 3.36. The second-order valence-electron chi connectivity index (χ2n) is 4.16. The summed E-state index contributed by atoms with van der Waals surface area (Å²) in [6.07, 6.45) is -4.56. The standard InChI is InChI=1S/C11H8BrClF3NO/c12-7-5-6(1-2-8(7)13)9(18)17-10(3-4-10)11(14,15)16/h1-2,5H,3-4H2,(H,17,18). The van der Waals surface area contributed by atoms with Crippen LogP contribution in [0.15, 0.2) is 22.7 Å². The Morgan fingerprint density at radius 3 is 2.44 bits per heavy atom. The van der Waals surface area contributed by atoms with E-state index in [1.54, 1.807) is 0 Å². The zero-order valence-electron chi connectivity index (χ0n) is 8.94. The van der Waals surface area contributed by atoms with Crippen LogP contribution in [0.4, 0.5) is 13.2 Å². The Hall–Kier alpha value is -0.750. The molecule has 1 amide bonds. The number of alkyl halides is 3. The summed E-state index contributed by atoms with van der Waals surface area (Å²) < 4.78 is 38.5. The van der Waals surface area contributed by atoms with Gasteiger partial charge < -0.3 is 5.32 Å². The molecule has 0 atom stereocenters. The Balaban J connectivity index is 2.16. The number of nitrogens with one attached hydrogen (secondary N) is 1. The number of rotatable bonds is 2. The summed E-state index contributed by atoms with van der Waals surface area (Å²) in [5, 5.41) is 2.43. The molecule has 0 radical (unpaired) electrons. The van der Waals surface area contributed by atoms with Crippen LogP contribution in [0, 0.1) is 0 Å². The maximum atomic E-state index is 12.7. The fourth-order valence-corrected chi connectivity index (χ4v) is 2.03. The van der Waals surface area contributed by atoms with E-state index in [0.29, 0.717) is 9.50 Å². The second-order valence-corrected chi connectivity index (χ2v) is 5.42. The average Bonchev–Trinajstić information content (AvgIpc) is 3.02. The summed E-state index contributed by atoms with van der Waals surface area (Å²) in [4.78, 5) is 11.7. The first-order valence-corrected chi connectivity index (χ1v) is 6.27. The van der Waals surface area contributed by atoms with Crippen molar-refractivity contribution in [2.45, 2.75) is 24.6 Å². The first-order chi connectivity index (χ1) is 8.25. The third-order valence-electron chi connectivity index (χ3n) is 2.83. The summed E-state index contributed by atoms with van der Waals surface area (Å²) >= 11 is 8.86. The molecule has 0 aromatic heterocycles. The van der Waals surface area contributed by atoms with Gasteiger partial charge in [0, 0.05) is 10.0 Å². The lowest BCUT2D eigenvalue weighted by Crippen LogP contribution is -2.47. The van der Waals surface area contributed by atoms with E-state index in [0.717, 1.165) is 0 Å². The van der Waals surface area contributed by atoms with Crippen LogP contribution in [-0.2, 0) is 0 Å². The number of carbonyl (C=O) groups excluding carboxylic acids is 1. The first kappa shape index (κ1) is 13.7. The number of hydrogen-bond donors (Lipinski definition) is 1. The van der Waals surface area contributed by atoms with Crippen LogP contribution in [-0.4, -0.2) is 17.6 Å². The highest BCUT2D eigenvalue weighted by molar-refractivity contribution is 9.10. The van der Waals surface area contributed by atoms with Gasteiger partial charge in [-0.3, -0.25) is 4.79 Å². The Bertz CT molecular complexity index is 500. The smallest absolute Gasteiger partial charge is 0.338 e.